The van der Waals surface area contributed by atoms with E-state index < -0.39 is 6.04 Å². The van der Waals surface area contributed by atoms with Crippen molar-refractivity contribution < 1.29 is 4.79 Å². The van der Waals surface area contributed by atoms with Gasteiger partial charge in [0.05, 0.1) is 6.07 Å². The van der Waals surface area contributed by atoms with Crippen molar-refractivity contribution in [2.75, 3.05) is 13.1 Å². The second kappa shape index (κ2) is 6.24. The van der Waals surface area contributed by atoms with Crippen LogP contribution in [0.15, 0.2) is 30.3 Å². The number of urea groups is 1. The molecule has 1 aliphatic rings. The molecule has 1 saturated heterocycles. The van der Waals surface area contributed by atoms with E-state index in [-0.39, 0.29) is 6.03 Å². The summed E-state index contributed by atoms with van der Waals surface area (Å²) in [7, 11) is 0. The van der Waals surface area contributed by atoms with Crippen molar-refractivity contribution in [1.82, 2.24) is 10.2 Å². The molecule has 0 aliphatic carbocycles. The molecule has 2 amide bonds. The number of nitrogens with one attached hydrogen (secondary N) is 1. The van der Waals surface area contributed by atoms with Crippen LogP contribution in [0.1, 0.15) is 31.4 Å². The predicted molar refractivity (Wildman–Crippen MR) is 73.3 cm³/mol. The highest BCUT2D eigenvalue weighted by atomic mass is 16.2. The van der Waals surface area contributed by atoms with Crippen molar-refractivity contribution in [3.8, 4) is 6.07 Å². The fourth-order valence-corrected chi connectivity index (χ4v) is 2.42. The zero-order chi connectivity index (χ0) is 13.7. The molecule has 0 saturated carbocycles. The molecule has 1 fully saturated rings. The number of hydrogen-bond donors (Lipinski definition) is 1. The fraction of sp³-hybridized carbons (Fsp3) is 0.467. The second-order valence-electron chi connectivity index (χ2n) is 5.12. The zero-order valence-electron chi connectivity index (χ0n) is 11.2. The van der Waals surface area contributed by atoms with Gasteiger partial charge in [-0.05, 0) is 24.3 Å². The summed E-state index contributed by atoms with van der Waals surface area (Å²) in [5.41, 5.74) is 0.823. The van der Waals surface area contributed by atoms with Crippen LogP contribution in [-0.4, -0.2) is 24.0 Å². The van der Waals surface area contributed by atoms with E-state index in [9.17, 15) is 10.1 Å². The van der Waals surface area contributed by atoms with Gasteiger partial charge in [-0.2, -0.15) is 5.26 Å². The minimum absolute atomic E-state index is 0.137. The molecule has 0 aromatic heterocycles. The number of piperidine rings is 1. The molecule has 1 N–H and O–H groups in total. The lowest BCUT2D eigenvalue weighted by atomic mass is 10.0. The Hall–Kier alpha value is -2.02. The topological polar surface area (TPSA) is 56.1 Å². The fourth-order valence-electron chi connectivity index (χ4n) is 2.42. The average Bonchev–Trinajstić information content (AvgIpc) is 2.45. The first-order valence-electron chi connectivity index (χ1n) is 6.70. The summed E-state index contributed by atoms with van der Waals surface area (Å²) in [5, 5.41) is 12.0. The summed E-state index contributed by atoms with van der Waals surface area (Å²) in [6.45, 7) is 3.71. The minimum atomic E-state index is -0.578. The summed E-state index contributed by atoms with van der Waals surface area (Å²) in [5.74, 6) is 0.539. The Balaban J connectivity index is 1.99. The maximum atomic E-state index is 12.1. The van der Waals surface area contributed by atoms with Gasteiger partial charge in [-0.3, -0.25) is 0 Å². The van der Waals surface area contributed by atoms with E-state index >= 15 is 0 Å². The molecule has 1 heterocycles. The molecule has 0 spiro atoms. The van der Waals surface area contributed by atoms with Gasteiger partial charge in [0.2, 0.25) is 0 Å². The molecule has 1 aliphatic heterocycles. The van der Waals surface area contributed by atoms with Crippen LogP contribution in [0.3, 0.4) is 0 Å². The number of benzene rings is 1. The van der Waals surface area contributed by atoms with Crippen LogP contribution in [0.4, 0.5) is 4.79 Å². The lowest BCUT2D eigenvalue weighted by molar-refractivity contribution is 0.168. The SMILES string of the molecule is CC1CCCN(C(=O)NC(C#N)c2ccccc2)C1. The molecule has 4 heteroatoms. The van der Waals surface area contributed by atoms with Gasteiger partial charge in [-0.25, -0.2) is 4.79 Å². The largest absolute Gasteiger partial charge is 0.325 e. The Morgan fingerprint density at radius 1 is 1.47 bits per heavy atom. The quantitative estimate of drug-likeness (QED) is 0.885. The predicted octanol–water partition coefficient (Wildman–Crippen LogP) is 2.69. The standard InChI is InChI=1S/C15H19N3O/c1-12-6-5-9-18(11-12)15(19)17-14(10-16)13-7-3-2-4-8-13/h2-4,7-8,12,14H,5-6,9,11H2,1H3,(H,17,19). The first-order valence-corrected chi connectivity index (χ1v) is 6.70. The van der Waals surface area contributed by atoms with Gasteiger partial charge >= 0.3 is 6.03 Å². The van der Waals surface area contributed by atoms with Crippen LogP contribution in [0.5, 0.6) is 0 Å². The Morgan fingerprint density at radius 2 is 2.21 bits per heavy atom. The van der Waals surface area contributed by atoms with Gasteiger partial charge in [0, 0.05) is 13.1 Å². The highest BCUT2D eigenvalue weighted by Crippen LogP contribution is 2.17. The number of nitrogens with zero attached hydrogens (tertiary/aromatic N) is 2. The molecular weight excluding hydrogens is 238 g/mol. The van der Waals surface area contributed by atoms with Gasteiger partial charge in [0.25, 0.3) is 0 Å². The normalized spacial score (nSPS) is 20.4. The van der Waals surface area contributed by atoms with Crippen molar-refractivity contribution in [2.45, 2.75) is 25.8 Å². The van der Waals surface area contributed by atoms with Crippen LogP contribution in [-0.2, 0) is 0 Å². The van der Waals surface area contributed by atoms with Crippen molar-refractivity contribution >= 4 is 6.03 Å². The van der Waals surface area contributed by atoms with Crippen LogP contribution >= 0.6 is 0 Å². The first kappa shape index (κ1) is 13.4. The van der Waals surface area contributed by atoms with Gasteiger partial charge in [-0.15, -0.1) is 0 Å². The molecule has 4 nitrogen and oxygen atoms in total. The number of nitriles is 1. The summed E-state index contributed by atoms with van der Waals surface area (Å²) in [6, 6.07) is 10.8. The molecule has 0 bridgehead atoms. The maximum absolute atomic E-state index is 12.1. The molecule has 2 rings (SSSR count). The van der Waals surface area contributed by atoms with E-state index in [0.29, 0.717) is 5.92 Å². The van der Waals surface area contributed by atoms with Crippen molar-refractivity contribution in [2.24, 2.45) is 5.92 Å². The van der Waals surface area contributed by atoms with E-state index in [0.717, 1.165) is 25.1 Å². The molecule has 0 radical (unpaired) electrons. The number of likely N-dealkylation sites (tertiary alicyclic amines) is 1. The number of carbonyl (C=O) groups excluding carboxylic acids is 1. The van der Waals surface area contributed by atoms with E-state index in [1.54, 1.807) is 4.90 Å². The monoisotopic (exact) mass is 257 g/mol. The molecule has 1 aromatic rings. The minimum Gasteiger partial charge on any atom is -0.325 e. The highest BCUT2D eigenvalue weighted by Gasteiger charge is 2.23. The summed E-state index contributed by atoms with van der Waals surface area (Å²) in [4.78, 5) is 14.0. The lowest BCUT2D eigenvalue weighted by Crippen LogP contribution is -2.45. The van der Waals surface area contributed by atoms with E-state index in [2.05, 4.69) is 18.3 Å². The Bertz CT molecular complexity index is 466. The lowest BCUT2D eigenvalue weighted by Gasteiger charge is -2.31. The van der Waals surface area contributed by atoms with Gasteiger partial charge in [0.1, 0.15) is 6.04 Å². The van der Waals surface area contributed by atoms with Crippen LogP contribution < -0.4 is 5.32 Å². The molecular formula is C15H19N3O. The number of hydrogen-bond acceptors (Lipinski definition) is 2. The zero-order valence-corrected chi connectivity index (χ0v) is 11.2. The Kier molecular flexibility index (Phi) is 4.40. The van der Waals surface area contributed by atoms with Crippen LogP contribution in [0.2, 0.25) is 0 Å². The Morgan fingerprint density at radius 3 is 2.84 bits per heavy atom. The van der Waals surface area contributed by atoms with Gasteiger partial charge in [-0.1, -0.05) is 37.3 Å². The molecule has 2 unspecified atom stereocenters. The van der Waals surface area contributed by atoms with Crippen LogP contribution in [0, 0.1) is 17.2 Å². The first-order chi connectivity index (χ1) is 9.20. The molecule has 19 heavy (non-hydrogen) atoms. The summed E-state index contributed by atoms with van der Waals surface area (Å²) < 4.78 is 0. The smallest absolute Gasteiger partial charge is 0.318 e. The highest BCUT2D eigenvalue weighted by molar-refractivity contribution is 5.75. The second-order valence-corrected chi connectivity index (χ2v) is 5.12. The third-order valence-corrected chi connectivity index (χ3v) is 3.47. The number of carbonyl (C=O) groups is 1. The third kappa shape index (κ3) is 3.47. The average molecular weight is 257 g/mol. The van der Waals surface area contributed by atoms with E-state index in [1.165, 1.54) is 6.42 Å². The van der Waals surface area contributed by atoms with Crippen LogP contribution in [0.25, 0.3) is 0 Å². The molecule has 100 valence electrons. The van der Waals surface area contributed by atoms with E-state index in [4.69, 9.17) is 0 Å². The summed E-state index contributed by atoms with van der Waals surface area (Å²) in [6.07, 6.45) is 2.21. The number of rotatable bonds is 2. The third-order valence-electron chi connectivity index (χ3n) is 3.47. The molecule has 1 aromatic carbocycles. The van der Waals surface area contributed by atoms with Gasteiger partial charge < -0.3 is 10.2 Å². The maximum Gasteiger partial charge on any atom is 0.318 e. The number of amides is 2. The van der Waals surface area contributed by atoms with Crippen molar-refractivity contribution in [3.05, 3.63) is 35.9 Å². The van der Waals surface area contributed by atoms with Crippen molar-refractivity contribution in [1.29, 1.82) is 5.26 Å². The van der Waals surface area contributed by atoms with Crippen molar-refractivity contribution in [3.63, 3.8) is 0 Å². The van der Waals surface area contributed by atoms with E-state index in [1.807, 2.05) is 30.3 Å². The Labute approximate surface area is 114 Å². The molecule has 2 atom stereocenters. The summed E-state index contributed by atoms with van der Waals surface area (Å²) >= 11 is 0. The van der Waals surface area contributed by atoms with Gasteiger partial charge in [0.15, 0.2) is 0 Å².